The number of aromatic nitrogens is 4. The molecule has 1 amide bonds. The quantitative estimate of drug-likeness (QED) is 0.427. The van der Waals surface area contributed by atoms with E-state index < -0.39 is 0 Å². The predicted octanol–water partition coefficient (Wildman–Crippen LogP) is 4.59. The number of fused-ring (bicyclic) bond motifs is 1. The molecule has 6 rings (SSSR count). The fraction of sp³-hybridized carbons (Fsp3) is 0.562. The summed E-state index contributed by atoms with van der Waals surface area (Å²) >= 11 is 0. The number of aromatic amines is 1. The molecule has 1 N–H and O–H groups in total. The fourth-order valence-electron chi connectivity index (χ4n) is 6.69. The van der Waals surface area contributed by atoms with Crippen LogP contribution in [0.2, 0.25) is 0 Å². The third-order valence-corrected chi connectivity index (χ3v) is 9.12. The van der Waals surface area contributed by atoms with Crippen molar-refractivity contribution in [2.45, 2.75) is 77.3 Å². The molecule has 2 saturated carbocycles. The minimum Gasteiger partial charge on any atom is -0.378 e. The number of ether oxygens (including phenoxy) is 1. The molecule has 1 aliphatic heterocycles. The number of carbonyl (C=O) groups is 1. The molecule has 0 unspecified atom stereocenters. The Bertz CT molecular complexity index is 1500. The van der Waals surface area contributed by atoms with Crippen molar-refractivity contribution in [3.63, 3.8) is 0 Å². The highest BCUT2D eigenvalue weighted by molar-refractivity contribution is 5.92. The van der Waals surface area contributed by atoms with Crippen molar-refractivity contribution < 1.29 is 9.53 Å². The summed E-state index contributed by atoms with van der Waals surface area (Å²) in [5.41, 5.74) is 2.10. The monoisotopic (exact) mass is 559 g/mol. The van der Waals surface area contributed by atoms with Gasteiger partial charge in [0, 0.05) is 37.8 Å². The van der Waals surface area contributed by atoms with Crippen LogP contribution in [0, 0.1) is 11.8 Å². The van der Waals surface area contributed by atoms with Crippen LogP contribution in [0.4, 0.5) is 0 Å². The Morgan fingerprint density at radius 2 is 1.49 bits per heavy atom. The van der Waals surface area contributed by atoms with Gasteiger partial charge < -0.3 is 14.6 Å². The Labute approximate surface area is 240 Å². The van der Waals surface area contributed by atoms with Crippen LogP contribution in [0.3, 0.4) is 0 Å². The van der Waals surface area contributed by atoms with Crippen molar-refractivity contribution in [1.82, 2.24) is 24.0 Å². The Morgan fingerprint density at radius 1 is 0.878 bits per heavy atom. The maximum absolute atomic E-state index is 13.8. The van der Waals surface area contributed by atoms with Crippen LogP contribution in [-0.2, 0) is 22.6 Å². The largest absolute Gasteiger partial charge is 0.378 e. The number of amides is 1. The first kappa shape index (κ1) is 27.7. The molecule has 3 aliphatic rings. The molecule has 3 heterocycles. The van der Waals surface area contributed by atoms with Crippen molar-refractivity contribution in [3.05, 3.63) is 56.7 Å². The minimum absolute atomic E-state index is 0.0184. The SMILES string of the molecule is O=C(/C=C/c1ccc(-c2nc3c([nH]2)c(=O)n(CC2CCCCC2)c(=O)n3CC2CCCCC2)cc1)N1CCOCC1. The lowest BCUT2D eigenvalue weighted by atomic mass is 9.89. The molecule has 0 spiro atoms. The van der Waals surface area contributed by atoms with E-state index in [0.717, 1.165) is 36.8 Å². The lowest BCUT2D eigenvalue weighted by Crippen LogP contribution is -2.42. The highest BCUT2D eigenvalue weighted by Crippen LogP contribution is 2.27. The molecular weight excluding hydrogens is 518 g/mol. The highest BCUT2D eigenvalue weighted by atomic mass is 16.5. The first-order chi connectivity index (χ1) is 20.1. The van der Waals surface area contributed by atoms with Crippen LogP contribution >= 0.6 is 0 Å². The Hall–Kier alpha value is -3.46. The number of nitrogens with one attached hydrogen (secondary N) is 1. The van der Waals surface area contributed by atoms with E-state index in [0.29, 0.717) is 68.2 Å². The number of hydrogen-bond acceptors (Lipinski definition) is 5. The number of hydrogen-bond donors (Lipinski definition) is 1. The summed E-state index contributed by atoms with van der Waals surface area (Å²) in [5.74, 6) is 1.35. The highest BCUT2D eigenvalue weighted by Gasteiger charge is 2.24. The van der Waals surface area contributed by atoms with Gasteiger partial charge in [0.25, 0.3) is 5.56 Å². The van der Waals surface area contributed by atoms with Gasteiger partial charge in [-0.15, -0.1) is 0 Å². The van der Waals surface area contributed by atoms with Gasteiger partial charge in [-0.3, -0.25) is 18.7 Å². The van der Waals surface area contributed by atoms with Gasteiger partial charge in [0.1, 0.15) is 11.3 Å². The Kier molecular flexibility index (Phi) is 8.51. The molecule has 3 aromatic rings. The van der Waals surface area contributed by atoms with E-state index in [-0.39, 0.29) is 17.2 Å². The van der Waals surface area contributed by atoms with Crippen LogP contribution in [0.5, 0.6) is 0 Å². The number of carbonyl (C=O) groups excluding carboxylic acids is 1. The van der Waals surface area contributed by atoms with Crippen molar-refractivity contribution in [3.8, 4) is 11.4 Å². The van der Waals surface area contributed by atoms with Crippen molar-refractivity contribution in [2.75, 3.05) is 26.3 Å². The van der Waals surface area contributed by atoms with Crippen LogP contribution in [0.25, 0.3) is 28.6 Å². The molecule has 218 valence electrons. The van der Waals surface area contributed by atoms with Crippen molar-refractivity contribution in [1.29, 1.82) is 0 Å². The smallest absolute Gasteiger partial charge is 0.332 e. The number of morpholine rings is 1. The normalized spacial score (nSPS) is 19.4. The van der Waals surface area contributed by atoms with Gasteiger partial charge in [-0.2, -0.15) is 0 Å². The molecule has 2 aliphatic carbocycles. The number of H-pyrrole nitrogens is 1. The zero-order valence-electron chi connectivity index (χ0n) is 23.9. The van der Waals surface area contributed by atoms with E-state index in [2.05, 4.69) is 4.98 Å². The standard InChI is InChI=1S/C32H41N5O4/c38-27(35-17-19-41-20-18-35)16-13-23-11-14-26(15-12-23)29-33-28-30(34-29)36(21-24-7-3-1-4-8-24)32(40)37(31(28)39)22-25-9-5-2-6-10-25/h11-16,24-25H,1-10,17-22H2,(H,33,34)/b16-13+. The summed E-state index contributed by atoms with van der Waals surface area (Å²) in [7, 11) is 0. The zero-order chi connectivity index (χ0) is 28.2. The van der Waals surface area contributed by atoms with Gasteiger partial charge >= 0.3 is 5.69 Å². The van der Waals surface area contributed by atoms with Crippen LogP contribution in [-0.4, -0.2) is 56.2 Å². The van der Waals surface area contributed by atoms with Crippen LogP contribution in [0.1, 0.15) is 69.8 Å². The minimum atomic E-state index is -0.268. The molecule has 0 bridgehead atoms. The van der Waals surface area contributed by atoms with E-state index in [1.165, 1.54) is 43.1 Å². The first-order valence-corrected chi connectivity index (χ1v) is 15.5. The molecule has 9 nitrogen and oxygen atoms in total. The molecule has 3 fully saturated rings. The van der Waals surface area contributed by atoms with Gasteiger partial charge in [-0.25, -0.2) is 9.78 Å². The van der Waals surface area contributed by atoms with E-state index in [9.17, 15) is 14.4 Å². The molecule has 0 atom stereocenters. The van der Waals surface area contributed by atoms with E-state index in [4.69, 9.17) is 9.72 Å². The van der Waals surface area contributed by atoms with Crippen molar-refractivity contribution >= 4 is 23.1 Å². The number of rotatable bonds is 7. The summed E-state index contributed by atoms with van der Waals surface area (Å²) in [6.45, 7) is 3.46. The number of imidazole rings is 1. The maximum atomic E-state index is 13.8. The van der Waals surface area contributed by atoms with Gasteiger partial charge in [0.15, 0.2) is 5.65 Å². The van der Waals surface area contributed by atoms with Crippen LogP contribution < -0.4 is 11.2 Å². The predicted molar refractivity (Wildman–Crippen MR) is 160 cm³/mol. The average molecular weight is 560 g/mol. The lowest BCUT2D eigenvalue weighted by molar-refractivity contribution is -0.129. The molecule has 1 saturated heterocycles. The first-order valence-electron chi connectivity index (χ1n) is 15.5. The van der Waals surface area contributed by atoms with Gasteiger partial charge in [0.05, 0.1) is 13.2 Å². The molecule has 1 aromatic carbocycles. The number of nitrogens with zero attached hydrogens (tertiary/aromatic N) is 4. The molecule has 9 heteroatoms. The molecular formula is C32H41N5O4. The molecule has 41 heavy (non-hydrogen) atoms. The summed E-state index contributed by atoms with van der Waals surface area (Å²) in [5, 5.41) is 0. The summed E-state index contributed by atoms with van der Waals surface area (Å²) < 4.78 is 8.57. The van der Waals surface area contributed by atoms with Gasteiger partial charge in [-0.05, 0) is 49.2 Å². The van der Waals surface area contributed by atoms with Crippen LogP contribution in [0.15, 0.2) is 39.9 Å². The topological polar surface area (TPSA) is 102 Å². The molecule has 2 aromatic heterocycles. The van der Waals surface area contributed by atoms with Gasteiger partial charge in [-0.1, -0.05) is 62.8 Å². The second-order valence-electron chi connectivity index (χ2n) is 12.0. The number of benzene rings is 1. The summed E-state index contributed by atoms with van der Waals surface area (Å²) in [6.07, 6.45) is 15.0. The third-order valence-electron chi connectivity index (χ3n) is 9.12. The van der Waals surface area contributed by atoms with Crippen molar-refractivity contribution in [2.24, 2.45) is 11.8 Å². The Balaban J connectivity index is 1.30. The average Bonchev–Trinajstić information content (AvgIpc) is 3.48. The fourth-order valence-corrected chi connectivity index (χ4v) is 6.69. The second kappa shape index (κ2) is 12.6. The van der Waals surface area contributed by atoms with E-state index >= 15 is 0 Å². The van der Waals surface area contributed by atoms with E-state index in [1.54, 1.807) is 15.5 Å². The molecule has 0 radical (unpaired) electrons. The lowest BCUT2D eigenvalue weighted by Gasteiger charge is -2.25. The zero-order valence-corrected chi connectivity index (χ0v) is 23.9. The third kappa shape index (κ3) is 6.25. The summed E-state index contributed by atoms with van der Waals surface area (Å²) in [4.78, 5) is 49.8. The van der Waals surface area contributed by atoms with Gasteiger partial charge in [0.2, 0.25) is 5.91 Å². The Morgan fingerprint density at radius 3 is 2.12 bits per heavy atom. The maximum Gasteiger partial charge on any atom is 0.332 e. The second-order valence-corrected chi connectivity index (χ2v) is 12.0. The van der Waals surface area contributed by atoms with E-state index in [1.807, 2.05) is 30.3 Å². The summed E-state index contributed by atoms with van der Waals surface area (Å²) in [6, 6.07) is 7.73.